The number of para-hydroxylation sites is 1. The second kappa shape index (κ2) is 13.1. The lowest BCUT2D eigenvalue weighted by atomic mass is 9.94. The minimum Gasteiger partial charge on any atom is -0.507 e. The van der Waals surface area contributed by atoms with Crippen LogP contribution in [-0.2, 0) is 9.59 Å². The smallest absolute Gasteiger partial charge is 0.295 e. The predicted octanol–water partition coefficient (Wildman–Crippen LogP) is 5.41. The van der Waals surface area contributed by atoms with Gasteiger partial charge in [-0.2, -0.15) is 0 Å². The number of carbonyl (C=O) groups is 2. The van der Waals surface area contributed by atoms with E-state index in [0.29, 0.717) is 23.4 Å². The van der Waals surface area contributed by atoms with E-state index in [0.717, 1.165) is 51.7 Å². The lowest BCUT2D eigenvalue weighted by Gasteiger charge is -2.28. The summed E-state index contributed by atoms with van der Waals surface area (Å²) in [7, 11) is 1.57. The fourth-order valence-corrected chi connectivity index (χ4v) is 4.64. The Hall–Kier alpha value is -3.12. The van der Waals surface area contributed by atoms with Crippen LogP contribution < -0.4 is 4.74 Å². The summed E-state index contributed by atoms with van der Waals surface area (Å²) in [6.45, 7) is 7.75. The average Bonchev–Trinajstić information content (AvgIpc) is 3.14. The van der Waals surface area contributed by atoms with Gasteiger partial charge in [-0.15, -0.1) is 0 Å². The Morgan fingerprint density at radius 2 is 1.51 bits per heavy atom. The zero-order valence-electron chi connectivity index (χ0n) is 21.2. The van der Waals surface area contributed by atoms with E-state index in [1.165, 1.54) is 0 Å². The van der Waals surface area contributed by atoms with E-state index in [1.54, 1.807) is 36.3 Å². The number of benzene rings is 2. The highest BCUT2D eigenvalue weighted by Gasteiger charge is 2.46. The van der Waals surface area contributed by atoms with Gasteiger partial charge in [0.25, 0.3) is 11.7 Å². The zero-order valence-corrected chi connectivity index (χ0v) is 21.2. The van der Waals surface area contributed by atoms with Gasteiger partial charge in [-0.25, -0.2) is 0 Å². The van der Waals surface area contributed by atoms with Crippen molar-refractivity contribution in [3.63, 3.8) is 0 Å². The molecule has 188 valence electrons. The number of hydrogen-bond donors (Lipinski definition) is 1. The first-order valence-corrected chi connectivity index (χ1v) is 12.7. The Morgan fingerprint density at radius 3 is 2.14 bits per heavy atom. The molecule has 0 aromatic heterocycles. The number of Topliss-reactive ketones (excluding diaryl/α,β-unsaturated/α-hetero) is 1. The number of aliphatic hydroxyl groups excluding tert-OH is 1. The lowest BCUT2D eigenvalue weighted by Crippen LogP contribution is -2.34. The fraction of sp³-hybridized carbons (Fsp3) is 0.448. The summed E-state index contributed by atoms with van der Waals surface area (Å²) in [6.07, 6.45) is 5.32. The molecule has 35 heavy (non-hydrogen) atoms. The van der Waals surface area contributed by atoms with Crippen molar-refractivity contribution in [2.24, 2.45) is 0 Å². The molecular formula is C29H38N2O4. The number of rotatable bonds is 13. The summed E-state index contributed by atoms with van der Waals surface area (Å²) in [5.41, 5.74) is 1.32. The van der Waals surface area contributed by atoms with Crippen molar-refractivity contribution in [3.8, 4) is 5.75 Å². The van der Waals surface area contributed by atoms with E-state index in [1.807, 2.05) is 30.3 Å². The molecule has 1 amide bonds. The maximum atomic E-state index is 13.2. The van der Waals surface area contributed by atoms with E-state index in [4.69, 9.17) is 4.74 Å². The first kappa shape index (κ1) is 26.5. The summed E-state index contributed by atoms with van der Waals surface area (Å²) < 4.78 is 5.58. The summed E-state index contributed by atoms with van der Waals surface area (Å²) in [4.78, 5) is 30.5. The summed E-state index contributed by atoms with van der Waals surface area (Å²) in [5.74, 6) is -0.811. The van der Waals surface area contributed by atoms with Crippen LogP contribution in [0.15, 0.2) is 60.2 Å². The molecule has 1 fully saturated rings. The SMILES string of the molecule is CCCCN(CCCC)CCCN1C(=O)C(=O)C(=C(O)c2ccccc2)[C@@H]1c1ccccc1OC. The number of likely N-dealkylation sites (tertiary alicyclic amines) is 1. The normalized spacial score (nSPS) is 17.4. The monoisotopic (exact) mass is 478 g/mol. The maximum Gasteiger partial charge on any atom is 0.295 e. The molecule has 0 radical (unpaired) electrons. The van der Waals surface area contributed by atoms with E-state index in [9.17, 15) is 14.7 Å². The highest BCUT2D eigenvalue weighted by molar-refractivity contribution is 6.46. The third-order valence-corrected chi connectivity index (χ3v) is 6.55. The van der Waals surface area contributed by atoms with Crippen molar-refractivity contribution >= 4 is 17.4 Å². The van der Waals surface area contributed by atoms with E-state index in [2.05, 4.69) is 18.7 Å². The van der Waals surface area contributed by atoms with Crippen LogP contribution in [0.5, 0.6) is 5.75 Å². The van der Waals surface area contributed by atoms with Gasteiger partial charge in [0.2, 0.25) is 0 Å². The largest absolute Gasteiger partial charge is 0.507 e. The Balaban J connectivity index is 1.93. The van der Waals surface area contributed by atoms with Crippen LogP contribution in [-0.4, -0.2) is 59.9 Å². The second-order valence-corrected chi connectivity index (χ2v) is 9.00. The molecule has 1 aliphatic rings. The Morgan fingerprint density at radius 1 is 0.914 bits per heavy atom. The van der Waals surface area contributed by atoms with Gasteiger partial charge in [0, 0.05) is 17.7 Å². The minimum atomic E-state index is -0.703. The average molecular weight is 479 g/mol. The summed E-state index contributed by atoms with van der Waals surface area (Å²) >= 11 is 0. The number of amides is 1. The van der Waals surface area contributed by atoms with Gasteiger partial charge in [0.05, 0.1) is 18.7 Å². The second-order valence-electron chi connectivity index (χ2n) is 9.00. The highest BCUT2D eigenvalue weighted by Crippen LogP contribution is 2.42. The molecule has 0 aliphatic carbocycles. The van der Waals surface area contributed by atoms with Crippen LogP contribution in [0.4, 0.5) is 0 Å². The molecule has 0 saturated carbocycles. The van der Waals surface area contributed by atoms with E-state index >= 15 is 0 Å². The van der Waals surface area contributed by atoms with Crippen molar-refractivity contribution in [1.82, 2.24) is 9.80 Å². The summed E-state index contributed by atoms with van der Waals surface area (Å²) in [6, 6.07) is 15.6. The first-order valence-electron chi connectivity index (χ1n) is 12.7. The van der Waals surface area contributed by atoms with E-state index < -0.39 is 17.7 Å². The number of ketones is 1. The molecule has 1 atom stereocenters. The third-order valence-electron chi connectivity index (χ3n) is 6.55. The fourth-order valence-electron chi connectivity index (χ4n) is 4.64. The zero-order chi connectivity index (χ0) is 25.2. The molecule has 3 rings (SSSR count). The van der Waals surface area contributed by atoms with Crippen molar-refractivity contribution in [1.29, 1.82) is 0 Å². The van der Waals surface area contributed by atoms with Crippen LogP contribution in [0.2, 0.25) is 0 Å². The molecule has 1 aliphatic heterocycles. The molecule has 1 heterocycles. The number of aliphatic hydroxyl groups is 1. The van der Waals surface area contributed by atoms with Gasteiger partial charge >= 0.3 is 0 Å². The van der Waals surface area contributed by atoms with Gasteiger partial charge in [-0.1, -0.05) is 75.2 Å². The predicted molar refractivity (Wildman–Crippen MR) is 139 cm³/mol. The standard InChI is InChI=1S/C29H38N2O4/c1-4-6-18-30(19-7-5-2)20-13-21-31-26(23-16-11-12-17-24(23)35-3)25(28(33)29(31)34)27(32)22-14-9-8-10-15-22/h8-12,14-17,26,32H,4-7,13,18-21H2,1-3H3/t26-/m0/s1. The van der Waals surface area contributed by atoms with Gasteiger partial charge in [-0.3, -0.25) is 9.59 Å². The molecule has 6 heteroatoms. The molecule has 0 spiro atoms. The Bertz CT molecular complexity index is 1010. The molecular weight excluding hydrogens is 440 g/mol. The van der Waals surface area contributed by atoms with Crippen LogP contribution in [0.25, 0.3) is 5.76 Å². The minimum absolute atomic E-state index is 0.111. The van der Waals surface area contributed by atoms with Crippen LogP contribution in [0.1, 0.15) is 63.1 Å². The number of carbonyl (C=O) groups excluding carboxylic acids is 2. The molecule has 1 saturated heterocycles. The van der Waals surface area contributed by atoms with Gasteiger partial charge < -0.3 is 19.6 Å². The first-order chi connectivity index (χ1) is 17.0. The topological polar surface area (TPSA) is 70.1 Å². The quantitative estimate of drug-likeness (QED) is 0.237. The van der Waals surface area contributed by atoms with Crippen molar-refractivity contribution in [2.45, 2.75) is 52.0 Å². The number of unbranched alkanes of at least 4 members (excludes halogenated alkanes) is 2. The number of ether oxygens (including phenoxy) is 1. The Labute approximate surface area is 209 Å². The van der Waals surface area contributed by atoms with Crippen molar-refractivity contribution < 1.29 is 19.4 Å². The number of hydrogen-bond acceptors (Lipinski definition) is 5. The van der Waals surface area contributed by atoms with E-state index in [-0.39, 0.29) is 11.3 Å². The van der Waals surface area contributed by atoms with Crippen LogP contribution in [0, 0.1) is 0 Å². The molecule has 2 aromatic rings. The Kier molecular flexibility index (Phi) is 9.91. The molecule has 0 bridgehead atoms. The maximum absolute atomic E-state index is 13.2. The molecule has 1 N–H and O–H groups in total. The highest BCUT2D eigenvalue weighted by atomic mass is 16.5. The van der Waals surface area contributed by atoms with Gasteiger partial charge in [-0.05, 0) is 45.0 Å². The van der Waals surface area contributed by atoms with Crippen molar-refractivity contribution in [2.75, 3.05) is 33.3 Å². The third kappa shape index (κ3) is 6.31. The van der Waals surface area contributed by atoms with Gasteiger partial charge in [0.15, 0.2) is 0 Å². The van der Waals surface area contributed by atoms with Crippen LogP contribution in [0.3, 0.4) is 0 Å². The molecule has 6 nitrogen and oxygen atoms in total. The van der Waals surface area contributed by atoms with Crippen molar-refractivity contribution in [3.05, 3.63) is 71.3 Å². The van der Waals surface area contributed by atoms with Crippen LogP contribution >= 0.6 is 0 Å². The number of nitrogens with zero attached hydrogens (tertiary/aromatic N) is 2. The number of methoxy groups -OCH3 is 1. The lowest BCUT2D eigenvalue weighted by molar-refractivity contribution is -0.140. The van der Waals surface area contributed by atoms with Gasteiger partial charge in [0.1, 0.15) is 11.5 Å². The molecule has 0 unspecified atom stereocenters. The summed E-state index contributed by atoms with van der Waals surface area (Å²) in [5, 5.41) is 11.2. The molecule has 2 aromatic carbocycles.